The molecule has 1 aromatic heterocycles. The van der Waals surface area contributed by atoms with E-state index in [9.17, 15) is 49.1 Å². The fourth-order valence-electron chi connectivity index (χ4n) is 5.70. The molecule has 2 atom stereocenters. The predicted molar refractivity (Wildman–Crippen MR) is 169 cm³/mol. The fourth-order valence-corrected chi connectivity index (χ4v) is 6.34. The lowest BCUT2D eigenvalue weighted by molar-refractivity contribution is -0.143. The van der Waals surface area contributed by atoms with Gasteiger partial charge in [0, 0.05) is 31.6 Å². The Hall–Kier alpha value is -4.22. The summed E-state index contributed by atoms with van der Waals surface area (Å²) in [4.78, 5) is 35.2. The highest BCUT2D eigenvalue weighted by molar-refractivity contribution is 8.13. The summed E-state index contributed by atoms with van der Waals surface area (Å²) in [6.07, 6.45) is -13.9. The van der Waals surface area contributed by atoms with Crippen molar-refractivity contribution in [3.05, 3.63) is 76.6 Å². The number of benzene rings is 2. The lowest BCUT2D eigenvalue weighted by atomic mass is 9.87. The number of nitrogens with one attached hydrogen (secondary N) is 1. The molecule has 0 saturated carbocycles. The number of halogens is 9. The molecule has 0 spiro atoms. The first-order chi connectivity index (χ1) is 23.3. The van der Waals surface area contributed by atoms with Crippen LogP contribution >= 0.6 is 11.8 Å². The van der Waals surface area contributed by atoms with Crippen LogP contribution in [-0.2, 0) is 29.9 Å². The fraction of sp³-hybridized carbons (Fsp3) is 0.438. The minimum Gasteiger partial charge on any atom is -0.481 e. The van der Waals surface area contributed by atoms with Crippen molar-refractivity contribution >= 4 is 40.3 Å². The summed E-state index contributed by atoms with van der Waals surface area (Å²) in [6, 6.07) is 3.39. The Morgan fingerprint density at radius 1 is 0.920 bits per heavy atom. The van der Waals surface area contributed by atoms with Gasteiger partial charge in [-0.3, -0.25) is 14.5 Å². The van der Waals surface area contributed by atoms with Crippen molar-refractivity contribution in [3.8, 4) is 0 Å². The van der Waals surface area contributed by atoms with Crippen LogP contribution in [0.25, 0.3) is 0 Å². The highest BCUT2D eigenvalue weighted by atomic mass is 32.2. The number of aromatic nitrogens is 2. The molecular weight excluding hydrogens is 705 g/mol. The summed E-state index contributed by atoms with van der Waals surface area (Å²) < 4.78 is 125. The topological polar surface area (TPSA) is 98.7 Å². The van der Waals surface area contributed by atoms with Crippen LogP contribution in [-0.4, -0.2) is 44.6 Å². The monoisotopic (exact) mass is 737 g/mol. The van der Waals surface area contributed by atoms with E-state index >= 15 is 0 Å². The molecule has 0 unspecified atom stereocenters. The number of alkyl halides is 9. The average molecular weight is 738 g/mol. The zero-order valence-electron chi connectivity index (χ0n) is 26.6. The van der Waals surface area contributed by atoms with E-state index in [0.717, 1.165) is 36.3 Å². The number of carbonyl (C=O) groups is 2. The number of anilines is 3. The average Bonchev–Trinajstić information content (AvgIpc) is 3.03. The highest BCUT2D eigenvalue weighted by Gasteiger charge is 2.42. The molecule has 3 aromatic rings. The van der Waals surface area contributed by atoms with Crippen LogP contribution in [0, 0.1) is 0 Å². The zero-order valence-corrected chi connectivity index (χ0v) is 27.4. The Kier molecular flexibility index (Phi) is 11.8. The van der Waals surface area contributed by atoms with Crippen molar-refractivity contribution in [2.75, 3.05) is 27.4 Å². The molecule has 1 amide bonds. The van der Waals surface area contributed by atoms with Crippen molar-refractivity contribution in [1.82, 2.24) is 9.97 Å². The van der Waals surface area contributed by atoms with Crippen molar-refractivity contribution < 1.29 is 54.2 Å². The molecule has 8 nitrogen and oxygen atoms in total. The van der Waals surface area contributed by atoms with Gasteiger partial charge in [-0.2, -0.15) is 39.5 Å². The number of carboxylic acids is 1. The second kappa shape index (κ2) is 15.3. The number of rotatable bonds is 11. The standard InChI is InChI=1S/C32H32F9N5O3S/c1-3-22-14-25(23-13-19(30(33,34)35)7-8-24(23)46(22)29(49)50-4-2)45(27-15-26(43-17-44-27)42-9-5-6-28(47)48)16-18-10-20(31(36,37)38)12-21(11-18)32(39,40)41/h7-8,10-13,15,17,22,25H,3-6,9,14,16H2,1-2H3,(H,47,48)(H,42,43,44)/t22-,25+/m1/s1. The van der Waals surface area contributed by atoms with Gasteiger partial charge >= 0.3 is 24.5 Å². The molecule has 4 rings (SSSR count). The van der Waals surface area contributed by atoms with E-state index in [1.165, 1.54) is 15.9 Å². The quantitative estimate of drug-likeness (QED) is 0.148. The minimum atomic E-state index is -5.16. The Morgan fingerprint density at radius 2 is 1.56 bits per heavy atom. The number of fused-ring (bicyclic) bond motifs is 1. The maximum absolute atomic E-state index is 14.1. The highest BCUT2D eigenvalue weighted by Crippen LogP contribution is 2.47. The van der Waals surface area contributed by atoms with Crippen LogP contribution in [0.15, 0.2) is 48.8 Å². The van der Waals surface area contributed by atoms with Gasteiger partial charge in [-0.05, 0) is 72.5 Å². The van der Waals surface area contributed by atoms with E-state index in [2.05, 4.69) is 15.3 Å². The van der Waals surface area contributed by atoms with Gasteiger partial charge in [-0.15, -0.1) is 0 Å². The van der Waals surface area contributed by atoms with E-state index < -0.39 is 70.6 Å². The van der Waals surface area contributed by atoms with Gasteiger partial charge in [0.05, 0.1) is 28.4 Å². The number of amides is 1. The first kappa shape index (κ1) is 38.6. The van der Waals surface area contributed by atoms with Crippen LogP contribution in [0.1, 0.15) is 73.4 Å². The van der Waals surface area contributed by atoms with E-state index in [1.807, 2.05) is 0 Å². The lowest BCUT2D eigenvalue weighted by Crippen LogP contribution is -2.46. The number of hydrogen-bond donors (Lipinski definition) is 2. The Bertz CT molecular complexity index is 1650. The second-order valence-corrected chi connectivity index (χ2v) is 12.6. The van der Waals surface area contributed by atoms with Gasteiger partial charge in [-0.1, -0.05) is 25.6 Å². The molecule has 2 N–H and O–H groups in total. The Labute approximate surface area is 285 Å². The molecule has 1 aliphatic rings. The maximum atomic E-state index is 14.1. The third kappa shape index (κ3) is 9.31. The summed E-state index contributed by atoms with van der Waals surface area (Å²) in [7, 11) is 0. The predicted octanol–water partition coefficient (Wildman–Crippen LogP) is 9.42. The van der Waals surface area contributed by atoms with Crippen molar-refractivity contribution in [3.63, 3.8) is 0 Å². The zero-order chi connectivity index (χ0) is 37.0. The van der Waals surface area contributed by atoms with E-state index in [-0.39, 0.29) is 54.8 Å². The van der Waals surface area contributed by atoms with Crippen LogP contribution in [0.5, 0.6) is 0 Å². The van der Waals surface area contributed by atoms with Gasteiger partial charge < -0.3 is 15.3 Å². The van der Waals surface area contributed by atoms with E-state index in [1.54, 1.807) is 13.8 Å². The molecular formula is C32H32F9N5O3S. The molecule has 0 fully saturated rings. The summed E-state index contributed by atoms with van der Waals surface area (Å²) >= 11 is 0.932. The van der Waals surface area contributed by atoms with Crippen LogP contribution in [0.3, 0.4) is 0 Å². The largest absolute Gasteiger partial charge is 0.481 e. The summed E-state index contributed by atoms with van der Waals surface area (Å²) in [6.45, 7) is 2.91. The van der Waals surface area contributed by atoms with Crippen molar-refractivity contribution in [2.24, 2.45) is 0 Å². The maximum Gasteiger partial charge on any atom is 0.416 e. The molecule has 50 heavy (non-hydrogen) atoms. The summed E-state index contributed by atoms with van der Waals surface area (Å²) in [5, 5.41) is 11.4. The van der Waals surface area contributed by atoms with E-state index in [0.29, 0.717) is 24.3 Å². The molecule has 0 aliphatic carbocycles. The van der Waals surface area contributed by atoms with Gasteiger partial charge in [0.25, 0.3) is 5.24 Å². The van der Waals surface area contributed by atoms with Crippen LogP contribution < -0.4 is 15.1 Å². The molecule has 2 aromatic carbocycles. The third-order valence-corrected chi connectivity index (χ3v) is 8.70. The number of thioether (sulfide) groups is 1. The molecule has 18 heteroatoms. The number of nitrogens with zero attached hydrogens (tertiary/aromatic N) is 4. The third-order valence-electron chi connectivity index (χ3n) is 7.97. The smallest absolute Gasteiger partial charge is 0.416 e. The Balaban J connectivity index is 1.94. The van der Waals surface area contributed by atoms with E-state index in [4.69, 9.17) is 5.11 Å². The van der Waals surface area contributed by atoms with Crippen molar-refractivity contribution in [1.29, 1.82) is 0 Å². The SMILES string of the molecule is CCSC(=O)N1c2ccc(C(F)(F)F)cc2[C@@H](N(Cc2cc(C(F)(F)F)cc(C(F)(F)F)c2)c2cc(NCCCC(=O)O)ncn2)C[C@H]1CC. The van der Waals surface area contributed by atoms with Gasteiger partial charge in [0.15, 0.2) is 0 Å². The molecule has 2 heterocycles. The number of hydrogen-bond acceptors (Lipinski definition) is 7. The van der Waals surface area contributed by atoms with Gasteiger partial charge in [0.1, 0.15) is 18.0 Å². The minimum absolute atomic E-state index is 0.0226. The number of aliphatic carboxylic acids is 1. The first-order valence-electron chi connectivity index (χ1n) is 15.3. The van der Waals surface area contributed by atoms with Crippen molar-refractivity contribution in [2.45, 2.75) is 76.7 Å². The molecule has 0 radical (unpaired) electrons. The van der Waals surface area contributed by atoms with Gasteiger partial charge in [0.2, 0.25) is 0 Å². The number of carbonyl (C=O) groups excluding carboxylic acids is 1. The normalized spacial score (nSPS) is 16.6. The number of carboxylic acid groups (broad SMARTS) is 1. The molecule has 0 saturated heterocycles. The molecule has 1 aliphatic heterocycles. The Morgan fingerprint density at radius 3 is 2.12 bits per heavy atom. The lowest BCUT2D eigenvalue weighted by Gasteiger charge is -2.45. The molecule has 272 valence electrons. The summed E-state index contributed by atoms with van der Waals surface area (Å²) in [5.41, 5.74) is -4.61. The molecule has 0 bridgehead atoms. The second-order valence-electron chi connectivity index (χ2n) is 11.4. The summed E-state index contributed by atoms with van der Waals surface area (Å²) in [5.74, 6) is -0.631. The van der Waals surface area contributed by atoms with Crippen LogP contribution in [0.4, 0.5) is 61.6 Å². The van der Waals surface area contributed by atoms with Crippen LogP contribution in [0.2, 0.25) is 0 Å². The first-order valence-corrected chi connectivity index (χ1v) is 16.3. The van der Waals surface area contributed by atoms with Gasteiger partial charge in [-0.25, -0.2) is 9.97 Å².